The Balaban J connectivity index is 0.000001000. The van der Waals surface area contributed by atoms with E-state index in [2.05, 4.69) is 5.32 Å². The summed E-state index contributed by atoms with van der Waals surface area (Å²) in [6.07, 6.45) is 0.0938. The Bertz CT molecular complexity index is 141. The molecule has 0 aromatic heterocycles. The van der Waals surface area contributed by atoms with Crippen LogP contribution < -0.4 is 5.32 Å². The molecule has 0 aromatic carbocycles. The van der Waals surface area contributed by atoms with Crippen molar-refractivity contribution in [1.29, 1.82) is 0 Å². The molecule has 0 aromatic rings. The van der Waals surface area contributed by atoms with Gasteiger partial charge >= 0.3 is 5.97 Å². The summed E-state index contributed by atoms with van der Waals surface area (Å²) in [7, 11) is 1.55. The average molecular weight is 182 g/mol. The SMILES string of the molecule is COC1(CC(=O)O)CNC1.Cl. The monoisotopic (exact) mass is 181 g/mol. The van der Waals surface area contributed by atoms with Crippen LogP contribution in [-0.2, 0) is 9.53 Å². The zero-order valence-electron chi connectivity index (χ0n) is 6.29. The van der Waals surface area contributed by atoms with Crippen molar-refractivity contribution in [2.75, 3.05) is 20.2 Å². The summed E-state index contributed by atoms with van der Waals surface area (Å²) >= 11 is 0. The second kappa shape index (κ2) is 3.90. The van der Waals surface area contributed by atoms with Gasteiger partial charge in [-0.15, -0.1) is 12.4 Å². The molecule has 0 spiro atoms. The number of halogens is 1. The second-order valence-electron chi connectivity index (χ2n) is 2.56. The van der Waals surface area contributed by atoms with Crippen molar-refractivity contribution in [3.63, 3.8) is 0 Å². The van der Waals surface area contributed by atoms with Crippen molar-refractivity contribution in [2.24, 2.45) is 0 Å². The summed E-state index contributed by atoms with van der Waals surface area (Å²) in [6.45, 7) is 1.30. The molecule has 1 heterocycles. The Hall–Kier alpha value is -0.320. The maximum atomic E-state index is 10.3. The number of aliphatic carboxylic acids is 1. The van der Waals surface area contributed by atoms with Crippen molar-refractivity contribution in [3.8, 4) is 0 Å². The molecule has 11 heavy (non-hydrogen) atoms. The Morgan fingerprint density at radius 1 is 1.73 bits per heavy atom. The molecule has 2 N–H and O–H groups in total. The van der Waals surface area contributed by atoms with E-state index in [9.17, 15) is 4.79 Å². The minimum Gasteiger partial charge on any atom is -0.481 e. The number of carboxylic acid groups (broad SMARTS) is 1. The van der Waals surface area contributed by atoms with Gasteiger partial charge in [-0.05, 0) is 0 Å². The number of carboxylic acids is 1. The Morgan fingerprint density at radius 2 is 2.27 bits per heavy atom. The predicted octanol–water partition coefficient (Wildman–Crippen LogP) is -0.129. The number of hydrogen-bond acceptors (Lipinski definition) is 3. The van der Waals surface area contributed by atoms with E-state index in [0.717, 1.165) is 0 Å². The first-order chi connectivity index (χ1) is 4.68. The molecule has 1 fully saturated rings. The van der Waals surface area contributed by atoms with Crippen LogP contribution in [0.2, 0.25) is 0 Å². The number of methoxy groups -OCH3 is 1. The first-order valence-corrected chi connectivity index (χ1v) is 3.16. The van der Waals surface area contributed by atoms with Gasteiger partial charge in [-0.1, -0.05) is 0 Å². The van der Waals surface area contributed by atoms with E-state index in [-0.39, 0.29) is 18.8 Å². The quantitative estimate of drug-likeness (QED) is 0.637. The molecule has 66 valence electrons. The number of rotatable bonds is 3. The Labute approximate surface area is 71.3 Å². The standard InChI is InChI=1S/C6H11NO3.ClH/c1-10-6(2-5(8)9)3-7-4-6;/h7H,2-4H2,1H3,(H,8,9);1H. The van der Waals surface area contributed by atoms with Gasteiger partial charge in [-0.3, -0.25) is 4.79 Å². The number of ether oxygens (including phenoxy) is 1. The number of carbonyl (C=O) groups is 1. The van der Waals surface area contributed by atoms with Crippen molar-refractivity contribution in [3.05, 3.63) is 0 Å². The maximum Gasteiger partial charge on any atom is 0.306 e. The molecule has 0 unspecified atom stereocenters. The minimum absolute atomic E-state index is 0. The molecule has 0 saturated carbocycles. The van der Waals surface area contributed by atoms with Crippen molar-refractivity contribution < 1.29 is 14.6 Å². The molecule has 0 bridgehead atoms. The smallest absolute Gasteiger partial charge is 0.306 e. The Kier molecular flexibility index (Phi) is 3.78. The molecule has 0 radical (unpaired) electrons. The zero-order chi connectivity index (χ0) is 7.61. The van der Waals surface area contributed by atoms with Crippen LogP contribution in [0, 0.1) is 0 Å². The molecule has 5 heteroatoms. The van der Waals surface area contributed by atoms with Crippen LogP contribution >= 0.6 is 12.4 Å². The lowest BCUT2D eigenvalue weighted by Gasteiger charge is -2.39. The van der Waals surface area contributed by atoms with Gasteiger partial charge in [0.15, 0.2) is 0 Å². The third-order valence-electron chi connectivity index (χ3n) is 1.80. The number of hydrogen-bond donors (Lipinski definition) is 2. The topological polar surface area (TPSA) is 58.6 Å². The van der Waals surface area contributed by atoms with Gasteiger partial charge in [-0.2, -0.15) is 0 Å². The molecule has 0 aliphatic carbocycles. The van der Waals surface area contributed by atoms with Gasteiger partial charge in [0.25, 0.3) is 0 Å². The van der Waals surface area contributed by atoms with E-state index in [1.807, 2.05) is 0 Å². The van der Waals surface area contributed by atoms with E-state index in [1.54, 1.807) is 7.11 Å². The summed E-state index contributed by atoms with van der Waals surface area (Å²) in [4.78, 5) is 10.3. The lowest BCUT2D eigenvalue weighted by molar-refractivity contribution is -0.147. The van der Waals surface area contributed by atoms with Crippen LogP contribution in [0.15, 0.2) is 0 Å². The minimum atomic E-state index is -0.802. The highest BCUT2D eigenvalue weighted by Crippen LogP contribution is 2.19. The largest absolute Gasteiger partial charge is 0.481 e. The van der Waals surface area contributed by atoms with Gasteiger partial charge in [0.2, 0.25) is 0 Å². The van der Waals surface area contributed by atoms with Crippen LogP contribution in [0.1, 0.15) is 6.42 Å². The third-order valence-corrected chi connectivity index (χ3v) is 1.80. The average Bonchev–Trinajstić information content (AvgIpc) is 1.78. The zero-order valence-corrected chi connectivity index (χ0v) is 7.11. The lowest BCUT2D eigenvalue weighted by atomic mass is 9.93. The first kappa shape index (κ1) is 10.7. The van der Waals surface area contributed by atoms with E-state index >= 15 is 0 Å². The summed E-state index contributed by atoms with van der Waals surface area (Å²) in [6, 6.07) is 0. The van der Waals surface area contributed by atoms with E-state index in [4.69, 9.17) is 9.84 Å². The molecule has 1 rings (SSSR count). The van der Waals surface area contributed by atoms with Crippen molar-refractivity contribution in [2.45, 2.75) is 12.0 Å². The molecular formula is C6H12ClNO3. The summed E-state index contributed by atoms with van der Waals surface area (Å²) in [5.74, 6) is -0.802. The van der Waals surface area contributed by atoms with Gasteiger partial charge < -0.3 is 15.2 Å². The maximum absolute atomic E-state index is 10.3. The molecule has 0 amide bonds. The summed E-state index contributed by atoms with van der Waals surface area (Å²) in [5, 5.41) is 11.4. The molecule has 1 saturated heterocycles. The van der Waals surface area contributed by atoms with Gasteiger partial charge in [0.1, 0.15) is 5.60 Å². The van der Waals surface area contributed by atoms with Crippen molar-refractivity contribution in [1.82, 2.24) is 5.32 Å². The van der Waals surface area contributed by atoms with Crippen LogP contribution in [-0.4, -0.2) is 36.9 Å². The fourth-order valence-corrected chi connectivity index (χ4v) is 1.02. The normalized spacial score (nSPS) is 19.7. The van der Waals surface area contributed by atoms with Crippen LogP contribution in [0.3, 0.4) is 0 Å². The summed E-state index contributed by atoms with van der Waals surface area (Å²) in [5.41, 5.74) is -0.425. The molecular weight excluding hydrogens is 170 g/mol. The van der Waals surface area contributed by atoms with E-state index in [1.165, 1.54) is 0 Å². The Morgan fingerprint density at radius 3 is 2.36 bits per heavy atom. The van der Waals surface area contributed by atoms with Crippen LogP contribution in [0.5, 0.6) is 0 Å². The second-order valence-corrected chi connectivity index (χ2v) is 2.56. The predicted molar refractivity (Wildman–Crippen MR) is 42.1 cm³/mol. The van der Waals surface area contributed by atoms with E-state index in [0.29, 0.717) is 13.1 Å². The van der Waals surface area contributed by atoms with Gasteiger partial charge in [0, 0.05) is 20.2 Å². The van der Waals surface area contributed by atoms with Gasteiger partial charge in [-0.25, -0.2) is 0 Å². The highest BCUT2D eigenvalue weighted by Gasteiger charge is 2.38. The molecule has 1 aliphatic rings. The molecule has 4 nitrogen and oxygen atoms in total. The van der Waals surface area contributed by atoms with Gasteiger partial charge in [0.05, 0.1) is 6.42 Å². The lowest BCUT2D eigenvalue weighted by Crippen LogP contribution is -2.61. The number of nitrogens with one attached hydrogen (secondary N) is 1. The highest BCUT2D eigenvalue weighted by atomic mass is 35.5. The third kappa shape index (κ3) is 2.32. The van der Waals surface area contributed by atoms with E-state index < -0.39 is 11.6 Å². The highest BCUT2D eigenvalue weighted by molar-refractivity contribution is 5.85. The van der Waals surface area contributed by atoms with Crippen molar-refractivity contribution >= 4 is 18.4 Å². The fourth-order valence-electron chi connectivity index (χ4n) is 1.02. The molecule has 0 atom stereocenters. The fraction of sp³-hybridized carbons (Fsp3) is 0.833. The van der Waals surface area contributed by atoms with Crippen LogP contribution in [0.25, 0.3) is 0 Å². The first-order valence-electron chi connectivity index (χ1n) is 3.16. The summed E-state index contributed by atoms with van der Waals surface area (Å²) < 4.78 is 5.04. The van der Waals surface area contributed by atoms with Crippen LogP contribution in [0.4, 0.5) is 0 Å². The molecule has 1 aliphatic heterocycles.